The van der Waals surface area contributed by atoms with Gasteiger partial charge in [-0.15, -0.1) is 0 Å². The number of urea groups is 1. The van der Waals surface area contributed by atoms with Gasteiger partial charge in [0, 0.05) is 23.5 Å². The summed E-state index contributed by atoms with van der Waals surface area (Å²) in [6, 6.07) is 7.61. The smallest absolute Gasteiger partial charge is 0.319 e. The van der Waals surface area contributed by atoms with Crippen molar-refractivity contribution in [3.8, 4) is 0 Å². The van der Waals surface area contributed by atoms with Crippen molar-refractivity contribution in [2.45, 2.75) is 12.3 Å². The maximum atomic E-state index is 11.3. The van der Waals surface area contributed by atoms with E-state index in [9.17, 15) is 4.79 Å². The number of hydrogen-bond acceptors (Lipinski definition) is 1. The van der Waals surface area contributed by atoms with E-state index in [2.05, 4.69) is 22.0 Å². The van der Waals surface area contributed by atoms with E-state index in [-0.39, 0.29) is 6.03 Å². The summed E-state index contributed by atoms with van der Waals surface area (Å²) >= 11 is 3.43. The van der Waals surface area contributed by atoms with E-state index >= 15 is 0 Å². The van der Waals surface area contributed by atoms with Gasteiger partial charge < -0.3 is 5.73 Å². The molecule has 0 bridgehead atoms. The highest BCUT2D eigenvalue weighted by Crippen LogP contribution is 2.37. The van der Waals surface area contributed by atoms with E-state index in [0.717, 1.165) is 17.4 Å². The van der Waals surface area contributed by atoms with Crippen LogP contribution in [0.3, 0.4) is 0 Å². The largest absolute Gasteiger partial charge is 0.351 e. The molecule has 0 saturated heterocycles. The second-order valence-corrected chi connectivity index (χ2v) is 4.48. The fourth-order valence-electron chi connectivity index (χ4n) is 2.08. The number of fused-ring (bicyclic) bond motifs is 1. The van der Waals surface area contributed by atoms with E-state index in [1.807, 2.05) is 18.2 Å². The van der Waals surface area contributed by atoms with E-state index in [1.54, 1.807) is 4.90 Å². The van der Waals surface area contributed by atoms with Gasteiger partial charge in [-0.05, 0) is 18.1 Å². The lowest BCUT2D eigenvalue weighted by Crippen LogP contribution is -2.34. The quantitative estimate of drug-likeness (QED) is 0.823. The summed E-state index contributed by atoms with van der Waals surface area (Å²) in [6.07, 6.45) is 1.03. The number of primary amides is 1. The van der Waals surface area contributed by atoms with Crippen LogP contribution in [-0.2, 0) is 0 Å². The third-order valence-electron chi connectivity index (χ3n) is 2.79. The lowest BCUT2D eigenvalue weighted by molar-refractivity contribution is 0.254. The number of rotatable bonds is 2. The first kappa shape index (κ1) is 10.5. The van der Waals surface area contributed by atoms with Gasteiger partial charge in [0.05, 0.1) is 0 Å². The SMILES string of the molecule is NC(=O)N1C[C@H](CCBr)c2ccccc21. The molecule has 1 aromatic carbocycles. The molecule has 0 aliphatic carbocycles. The summed E-state index contributed by atoms with van der Waals surface area (Å²) in [6.45, 7) is 0.709. The molecule has 1 aliphatic rings. The van der Waals surface area contributed by atoms with Gasteiger partial charge in [-0.25, -0.2) is 4.79 Å². The van der Waals surface area contributed by atoms with Gasteiger partial charge >= 0.3 is 6.03 Å². The Morgan fingerprint density at radius 1 is 1.53 bits per heavy atom. The molecule has 1 aromatic rings. The normalized spacial score (nSPS) is 19.0. The van der Waals surface area contributed by atoms with Gasteiger partial charge in [-0.3, -0.25) is 4.90 Å². The molecular weight excluding hydrogens is 256 g/mol. The number of nitrogens with zero attached hydrogens (tertiary/aromatic N) is 1. The number of amides is 2. The first-order valence-electron chi connectivity index (χ1n) is 4.96. The maximum Gasteiger partial charge on any atom is 0.319 e. The van der Waals surface area contributed by atoms with Crippen LogP contribution in [0.4, 0.5) is 10.5 Å². The number of hydrogen-bond donors (Lipinski definition) is 1. The first-order chi connectivity index (χ1) is 7.24. The van der Waals surface area contributed by atoms with Crippen LogP contribution in [-0.4, -0.2) is 17.9 Å². The van der Waals surface area contributed by atoms with Crippen LogP contribution in [0.25, 0.3) is 0 Å². The van der Waals surface area contributed by atoms with E-state index in [4.69, 9.17) is 5.73 Å². The van der Waals surface area contributed by atoms with Crippen molar-refractivity contribution < 1.29 is 4.79 Å². The topological polar surface area (TPSA) is 46.3 Å². The Labute approximate surface area is 97.4 Å². The second kappa shape index (κ2) is 4.23. The number of benzene rings is 1. The van der Waals surface area contributed by atoms with Crippen molar-refractivity contribution in [3.63, 3.8) is 0 Å². The zero-order valence-electron chi connectivity index (χ0n) is 8.32. The zero-order chi connectivity index (χ0) is 10.8. The molecule has 0 unspecified atom stereocenters. The molecule has 2 amide bonds. The fraction of sp³-hybridized carbons (Fsp3) is 0.364. The monoisotopic (exact) mass is 268 g/mol. The Hall–Kier alpha value is -1.03. The van der Waals surface area contributed by atoms with Gasteiger partial charge in [0.25, 0.3) is 0 Å². The van der Waals surface area contributed by atoms with Gasteiger partial charge in [0.2, 0.25) is 0 Å². The second-order valence-electron chi connectivity index (χ2n) is 3.68. The number of anilines is 1. The number of carbonyl (C=O) groups excluding carboxylic acids is 1. The molecule has 2 rings (SSSR count). The molecule has 2 N–H and O–H groups in total. The molecule has 3 nitrogen and oxygen atoms in total. The third-order valence-corrected chi connectivity index (χ3v) is 3.25. The molecule has 1 heterocycles. The van der Waals surface area contributed by atoms with E-state index < -0.39 is 0 Å². The summed E-state index contributed by atoms with van der Waals surface area (Å²) in [7, 11) is 0. The number of alkyl halides is 1. The minimum Gasteiger partial charge on any atom is -0.351 e. The Kier molecular flexibility index (Phi) is 2.95. The Morgan fingerprint density at radius 2 is 2.27 bits per heavy atom. The highest BCUT2D eigenvalue weighted by Gasteiger charge is 2.30. The highest BCUT2D eigenvalue weighted by molar-refractivity contribution is 9.09. The molecule has 15 heavy (non-hydrogen) atoms. The number of para-hydroxylation sites is 1. The number of halogens is 1. The lowest BCUT2D eigenvalue weighted by Gasteiger charge is -2.14. The van der Waals surface area contributed by atoms with Crippen LogP contribution in [0.15, 0.2) is 24.3 Å². The maximum absolute atomic E-state index is 11.3. The summed E-state index contributed by atoms with van der Waals surface area (Å²) < 4.78 is 0. The molecule has 0 saturated carbocycles. The molecule has 0 fully saturated rings. The van der Waals surface area contributed by atoms with Crippen LogP contribution in [0.5, 0.6) is 0 Å². The number of carbonyl (C=O) groups is 1. The van der Waals surface area contributed by atoms with Crippen molar-refractivity contribution in [2.24, 2.45) is 5.73 Å². The summed E-state index contributed by atoms with van der Waals surface area (Å²) in [5.74, 6) is 0.410. The molecule has 0 aromatic heterocycles. The van der Waals surface area contributed by atoms with Crippen molar-refractivity contribution in [1.82, 2.24) is 0 Å². The predicted octanol–water partition coefficient (Wildman–Crippen LogP) is 2.45. The first-order valence-corrected chi connectivity index (χ1v) is 6.08. The minimum absolute atomic E-state index is 0.362. The van der Waals surface area contributed by atoms with E-state index in [0.29, 0.717) is 12.5 Å². The van der Waals surface area contributed by atoms with Crippen molar-refractivity contribution in [2.75, 3.05) is 16.8 Å². The zero-order valence-corrected chi connectivity index (χ0v) is 9.90. The highest BCUT2D eigenvalue weighted by atomic mass is 79.9. The average Bonchev–Trinajstić information content (AvgIpc) is 2.59. The lowest BCUT2D eigenvalue weighted by atomic mass is 9.99. The Bertz CT molecular complexity index is 381. The third kappa shape index (κ3) is 1.86. The van der Waals surface area contributed by atoms with Crippen LogP contribution in [0.2, 0.25) is 0 Å². The van der Waals surface area contributed by atoms with Gasteiger partial charge in [-0.1, -0.05) is 34.1 Å². The van der Waals surface area contributed by atoms with Crippen LogP contribution < -0.4 is 10.6 Å². The van der Waals surface area contributed by atoms with Crippen molar-refractivity contribution >= 4 is 27.6 Å². The van der Waals surface area contributed by atoms with Crippen LogP contribution in [0, 0.1) is 0 Å². The Balaban J connectivity index is 2.35. The summed E-state index contributed by atoms with van der Waals surface area (Å²) in [4.78, 5) is 12.9. The summed E-state index contributed by atoms with van der Waals surface area (Å²) in [5, 5.41) is 0.943. The van der Waals surface area contributed by atoms with Gasteiger partial charge in [0.15, 0.2) is 0 Å². The van der Waals surface area contributed by atoms with Crippen molar-refractivity contribution in [3.05, 3.63) is 29.8 Å². The predicted molar refractivity (Wildman–Crippen MR) is 64.5 cm³/mol. The van der Waals surface area contributed by atoms with Crippen molar-refractivity contribution in [1.29, 1.82) is 0 Å². The van der Waals surface area contributed by atoms with Crippen LogP contribution in [0.1, 0.15) is 17.9 Å². The molecule has 1 atom stereocenters. The van der Waals surface area contributed by atoms with Gasteiger partial charge in [0.1, 0.15) is 0 Å². The average molecular weight is 269 g/mol. The van der Waals surface area contributed by atoms with Gasteiger partial charge in [-0.2, -0.15) is 0 Å². The summed E-state index contributed by atoms with van der Waals surface area (Å²) in [5.41, 5.74) is 7.55. The molecule has 4 heteroatoms. The molecule has 0 radical (unpaired) electrons. The standard InChI is InChI=1S/C11H13BrN2O/c12-6-5-8-7-14(11(13)15)10-4-2-1-3-9(8)10/h1-4,8H,5-7H2,(H2,13,15)/t8-/m0/s1. The molecular formula is C11H13BrN2O. The van der Waals surface area contributed by atoms with E-state index in [1.165, 1.54) is 5.56 Å². The molecule has 80 valence electrons. The molecule has 1 aliphatic heterocycles. The molecule has 0 spiro atoms. The van der Waals surface area contributed by atoms with Crippen LogP contribution >= 0.6 is 15.9 Å². The minimum atomic E-state index is -0.362. The Morgan fingerprint density at radius 3 is 2.93 bits per heavy atom. The number of nitrogens with two attached hydrogens (primary N) is 1. The fourth-order valence-corrected chi connectivity index (χ4v) is 2.64.